The molecule has 0 aliphatic carbocycles. The minimum Gasteiger partial charge on any atom is -0.493 e. The largest absolute Gasteiger partial charge is 0.493 e. The molecular weight excluding hydrogens is 503 g/mol. The molecular formula is C25H29F5N2O5. The fraction of sp³-hybridized carbons (Fsp3) is 0.520. The number of pyridine rings is 1. The monoisotopic (exact) mass is 532 g/mol. The topological polar surface area (TPSA) is 104 Å². The van der Waals surface area contributed by atoms with Gasteiger partial charge in [0.1, 0.15) is 12.7 Å². The molecule has 1 aromatic heterocycles. The van der Waals surface area contributed by atoms with Crippen molar-refractivity contribution in [1.29, 1.82) is 0 Å². The molecule has 1 fully saturated rings. The van der Waals surface area contributed by atoms with Gasteiger partial charge in [-0.15, -0.1) is 0 Å². The molecule has 1 aliphatic rings. The third kappa shape index (κ3) is 5.22. The van der Waals surface area contributed by atoms with Gasteiger partial charge in [-0.1, -0.05) is 19.9 Å². The molecule has 7 nitrogen and oxygen atoms in total. The van der Waals surface area contributed by atoms with Crippen LogP contribution >= 0.6 is 0 Å². The number of aromatic amines is 1. The van der Waals surface area contributed by atoms with Gasteiger partial charge >= 0.3 is 6.18 Å². The van der Waals surface area contributed by atoms with E-state index in [4.69, 9.17) is 19.9 Å². The molecule has 204 valence electrons. The van der Waals surface area contributed by atoms with Gasteiger partial charge in [-0.2, -0.15) is 17.6 Å². The molecule has 0 unspecified atom stereocenters. The third-order valence-electron chi connectivity index (χ3n) is 7.01. The third-order valence-corrected chi connectivity index (χ3v) is 7.01. The number of methoxy groups -OCH3 is 1. The molecule has 1 saturated heterocycles. The van der Waals surface area contributed by atoms with Crippen molar-refractivity contribution >= 4 is 5.91 Å². The number of H-pyrrole nitrogens is 1. The highest BCUT2D eigenvalue weighted by Crippen LogP contribution is 2.59. The van der Waals surface area contributed by atoms with Crippen molar-refractivity contribution in [3.63, 3.8) is 0 Å². The summed E-state index contributed by atoms with van der Waals surface area (Å²) < 4.78 is 86.9. The van der Waals surface area contributed by atoms with Crippen molar-refractivity contribution < 1.29 is 41.0 Å². The summed E-state index contributed by atoms with van der Waals surface area (Å²) in [5.74, 6) is -6.67. The summed E-state index contributed by atoms with van der Waals surface area (Å²) in [6, 6.07) is 3.10. The fourth-order valence-electron chi connectivity index (χ4n) is 4.99. The highest BCUT2D eigenvalue weighted by molar-refractivity contribution is 5.74. The number of ether oxygens (including phenoxy) is 3. The first-order valence-corrected chi connectivity index (χ1v) is 11.5. The number of hydrogen-bond donors (Lipinski definition) is 2. The van der Waals surface area contributed by atoms with Gasteiger partial charge in [0.25, 0.3) is 0 Å². The fourth-order valence-corrected chi connectivity index (χ4v) is 4.99. The van der Waals surface area contributed by atoms with Crippen LogP contribution in [-0.2, 0) is 14.3 Å². The number of carbonyl (C=O) groups is 1. The molecule has 1 aromatic carbocycles. The Morgan fingerprint density at radius 3 is 2.49 bits per heavy atom. The summed E-state index contributed by atoms with van der Waals surface area (Å²) in [6.45, 7) is 5.11. The molecule has 1 amide bonds. The molecule has 0 bridgehead atoms. The Hall–Kier alpha value is -2.99. The van der Waals surface area contributed by atoms with E-state index in [2.05, 4.69) is 4.98 Å². The zero-order chi connectivity index (χ0) is 27.9. The standard InChI is InChI=1S/C25H29F5N2O5/c1-11(9-36-10-18(31)34)19-13(3)32-16(8-17(19)33)23-20(12(2)24(4,37-23)25(28,29)30)14-6-7-15(26)21(27)22(14)35-5/h6-8,11-12,20,23H,9-10H2,1-5H3,(H2,31,34)(H,32,33)/t11-,12-,20-,23-,24+/m0/s1. The van der Waals surface area contributed by atoms with Crippen molar-refractivity contribution in [2.75, 3.05) is 20.3 Å². The van der Waals surface area contributed by atoms with E-state index in [0.29, 0.717) is 11.3 Å². The molecule has 2 heterocycles. The lowest BCUT2D eigenvalue weighted by Crippen LogP contribution is -2.46. The van der Waals surface area contributed by atoms with Gasteiger partial charge in [0.2, 0.25) is 11.7 Å². The maximum atomic E-state index is 14.6. The average molecular weight is 533 g/mol. The Morgan fingerprint density at radius 1 is 1.30 bits per heavy atom. The number of amides is 1. The quantitative estimate of drug-likeness (QED) is 0.491. The predicted molar refractivity (Wildman–Crippen MR) is 123 cm³/mol. The van der Waals surface area contributed by atoms with Crippen LogP contribution in [0.15, 0.2) is 23.0 Å². The second kappa shape index (κ2) is 10.4. The molecule has 0 saturated carbocycles. The van der Waals surface area contributed by atoms with Crippen LogP contribution in [0.1, 0.15) is 61.2 Å². The Kier molecular flexibility index (Phi) is 8.04. The van der Waals surface area contributed by atoms with Gasteiger partial charge in [0.15, 0.2) is 22.6 Å². The number of primary amides is 1. The van der Waals surface area contributed by atoms with Gasteiger partial charge < -0.3 is 24.9 Å². The van der Waals surface area contributed by atoms with Gasteiger partial charge in [-0.05, 0) is 19.9 Å². The van der Waals surface area contributed by atoms with E-state index in [1.807, 2.05) is 0 Å². The van der Waals surface area contributed by atoms with Gasteiger partial charge in [0.05, 0.1) is 13.7 Å². The minimum absolute atomic E-state index is 0.00396. The van der Waals surface area contributed by atoms with E-state index < -0.39 is 64.4 Å². The number of hydrogen-bond acceptors (Lipinski definition) is 5. The van der Waals surface area contributed by atoms with Crippen LogP contribution in [-0.4, -0.2) is 43.0 Å². The van der Waals surface area contributed by atoms with E-state index in [1.54, 1.807) is 13.8 Å². The first kappa shape index (κ1) is 28.6. The summed E-state index contributed by atoms with van der Waals surface area (Å²) >= 11 is 0. The summed E-state index contributed by atoms with van der Waals surface area (Å²) in [5, 5.41) is 0. The highest BCUT2D eigenvalue weighted by atomic mass is 19.4. The zero-order valence-electron chi connectivity index (χ0n) is 21.0. The van der Waals surface area contributed by atoms with Crippen LogP contribution in [0.4, 0.5) is 22.0 Å². The molecule has 12 heteroatoms. The average Bonchev–Trinajstić information content (AvgIpc) is 3.06. The molecule has 3 rings (SSSR count). The van der Waals surface area contributed by atoms with Crippen molar-refractivity contribution in [2.45, 2.75) is 57.4 Å². The number of benzene rings is 1. The highest BCUT2D eigenvalue weighted by Gasteiger charge is 2.65. The number of rotatable bonds is 8. The van der Waals surface area contributed by atoms with Crippen molar-refractivity contribution in [3.8, 4) is 5.75 Å². The molecule has 5 atom stereocenters. The van der Waals surface area contributed by atoms with Crippen molar-refractivity contribution in [1.82, 2.24) is 4.98 Å². The molecule has 2 aromatic rings. The van der Waals surface area contributed by atoms with E-state index in [1.165, 1.54) is 6.92 Å². The lowest BCUT2D eigenvalue weighted by atomic mass is 9.76. The van der Waals surface area contributed by atoms with E-state index >= 15 is 0 Å². The molecule has 3 N–H and O–H groups in total. The van der Waals surface area contributed by atoms with Crippen LogP contribution in [0.2, 0.25) is 0 Å². The Labute approximate surface area is 210 Å². The number of alkyl halides is 3. The predicted octanol–water partition coefficient (Wildman–Crippen LogP) is 4.39. The van der Waals surface area contributed by atoms with Crippen molar-refractivity contribution in [3.05, 3.63) is 62.6 Å². The van der Waals surface area contributed by atoms with Crippen molar-refractivity contribution in [2.24, 2.45) is 11.7 Å². The van der Waals surface area contributed by atoms with Gasteiger partial charge in [0, 0.05) is 46.3 Å². The van der Waals surface area contributed by atoms with Crippen LogP contribution in [0.5, 0.6) is 5.75 Å². The Morgan fingerprint density at radius 2 is 1.95 bits per heavy atom. The molecule has 1 aliphatic heterocycles. The van der Waals surface area contributed by atoms with Crippen LogP contribution in [0.25, 0.3) is 0 Å². The van der Waals surface area contributed by atoms with Gasteiger partial charge in [-0.3, -0.25) is 9.59 Å². The normalized spacial score (nSPS) is 24.8. The maximum absolute atomic E-state index is 14.6. The van der Waals surface area contributed by atoms with Crippen LogP contribution < -0.4 is 15.9 Å². The van der Waals surface area contributed by atoms with Crippen LogP contribution in [0.3, 0.4) is 0 Å². The lowest BCUT2D eigenvalue weighted by molar-refractivity contribution is -0.275. The number of nitrogens with two attached hydrogens (primary N) is 1. The maximum Gasteiger partial charge on any atom is 0.417 e. The lowest BCUT2D eigenvalue weighted by Gasteiger charge is -2.32. The molecule has 37 heavy (non-hydrogen) atoms. The van der Waals surface area contributed by atoms with Gasteiger partial charge in [-0.25, -0.2) is 4.39 Å². The first-order chi connectivity index (χ1) is 17.1. The zero-order valence-corrected chi connectivity index (χ0v) is 21.0. The molecule has 0 spiro atoms. The number of carbonyl (C=O) groups excluding carboxylic acids is 1. The SMILES string of the molecule is COc1c([C@H]2[C@H](c3cc(=O)c([C@@H](C)COCC(N)=O)c(C)[nH]3)O[C@@](C)(C(F)(F)F)[C@H]2C)ccc(F)c1F. The summed E-state index contributed by atoms with van der Waals surface area (Å²) in [5.41, 5.74) is 2.56. The smallest absolute Gasteiger partial charge is 0.417 e. The van der Waals surface area contributed by atoms with Crippen LogP contribution in [0, 0.1) is 24.5 Å². The van der Waals surface area contributed by atoms with E-state index in [0.717, 1.165) is 32.2 Å². The number of aromatic nitrogens is 1. The second-order valence-corrected chi connectivity index (χ2v) is 9.45. The first-order valence-electron chi connectivity index (χ1n) is 11.5. The van der Waals surface area contributed by atoms with E-state index in [-0.39, 0.29) is 24.5 Å². The summed E-state index contributed by atoms with van der Waals surface area (Å²) in [7, 11) is 1.09. The van der Waals surface area contributed by atoms with E-state index in [9.17, 15) is 31.5 Å². The summed E-state index contributed by atoms with van der Waals surface area (Å²) in [4.78, 5) is 27.0. The number of nitrogens with one attached hydrogen (secondary N) is 1. The molecule has 0 radical (unpaired) electrons. The number of halogens is 5. The number of aryl methyl sites for hydroxylation is 1. The Bertz CT molecular complexity index is 1230. The summed E-state index contributed by atoms with van der Waals surface area (Å²) in [6.07, 6.45) is -6.19. The second-order valence-electron chi connectivity index (χ2n) is 9.45. The minimum atomic E-state index is -4.81. The Balaban J connectivity index is 2.12.